The number of hydrogen-bond donors (Lipinski definition) is 1. The maximum Gasteiger partial charge on any atom is 0.175 e. The Labute approximate surface area is 123 Å². The monoisotopic (exact) mass is 301 g/mol. The van der Waals surface area contributed by atoms with Crippen molar-refractivity contribution in [3.8, 4) is 0 Å². The molecule has 1 aromatic carbocycles. The molecule has 2 aromatic rings. The van der Waals surface area contributed by atoms with Gasteiger partial charge < -0.3 is 5.43 Å². The van der Waals surface area contributed by atoms with Crippen LogP contribution in [0.2, 0.25) is 0 Å². The molecule has 108 valence electrons. The summed E-state index contributed by atoms with van der Waals surface area (Å²) in [5.74, 6) is 0. The molecule has 0 spiro atoms. The fraction of sp³-hybridized carbons (Fsp3) is 0.200. The third-order valence-electron chi connectivity index (χ3n) is 3.68. The van der Waals surface area contributed by atoms with Crippen molar-refractivity contribution in [1.29, 1.82) is 0 Å². The zero-order chi connectivity index (χ0) is 14.9. The van der Waals surface area contributed by atoms with Crippen molar-refractivity contribution in [2.24, 2.45) is 5.10 Å². The van der Waals surface area contributed by atoms with E-state index in [1.54, 1.807) is 30.7 Å². The smallest absolute Gasteiger partial charge is 0.175 e. The van der Waals surface area contributed by atoms with Gasteiger partial charge in [-0.15, -0.1) is 0 Å². The normalized spacial score (nSPS) is 21.2. The van der Waals surface area contributed by atoms with Gasteiger partial charge in [0.15, 0.2) is 9.84 Å². The van der Waals surface area contributed by atoms with Crippen LogP contribution < -0.4 is 5.43 Å². The highest BCUT2D eigenvalue weighted by Gasteiger charge is 2.39. The van der Waals surface area contributed by atoms with Gasteiger partial charge in [0.25, 0.3) is 0 Å². The number of hydrogen-bond acceptors (Lipinski definition) is 5. The third kappa shape index (κ3) is 2.31. The molecule has 3 rings (SSSR count). The molecule has 1 aliphatic rings. The minimum Gasteiger partial charge on any atom is -0.309 e. The van der Waals surface area contributed by atoms with Gasteiger partial charge >= 0.3 is 0 Å². The van der Waals surface area contributed by atoms with Gasteiger partial charge in [0.05, 0.1) is 16.9 Å². The molecule has 1 unspecified atom stereocenters. The van der Waals surface area contributed by atoms with Gasteiger partial charge in [-0.2, -0.15) is 5.10 Å². The Hall–Kier alpha value is -2.21. The molecule has 0 saturated heterocycles. The predicted molar refractivity (Wildman–Crippen MR) is 81.1 cm³/mol. The van der Waals surface area contributed by atoms with Crippen molar-refractivity contribution >= 4 is 16.1 Å². The van der Waals surface area contributed by atoms with Gasteiger partial charge in [0.1, 0.15) is 0 Å². The van der Waals surface area contributed by atoms with E-state index in [0.717, 1.165) is 5.56 Å². The number of aromatic nitrogens is 1. The van der Waals surface area contributed by atoms with Crippen molar-refractivity contribution in [3.63, 3.8) is 0 Å². The minimum absolute atomic E-state index is 0.323. The van der Waals surface area contributed by atoms with Gasteiger partial charge in [-0.1, -0.05) is 24.3 Å². The average molecular weight is 301 g/mol. The summed E-state index contributed by atoms with van der Waals surface area (Å²) in [6, 6.07) is 10.8. The lowest BCUT2D eigenvalue weighted by atomic mass is 9.76. The van der Waals surface area contributed by atoms with Crippen molar-refractivity contribution < 1.29 is 8.42 Å². The first-order valence-electron chi connectivity index (χ1n) is 6.51. The molecule has 0 saturated carbocycles. The van der Waals surface area contributed by atoms with E-state index in [0.29, 0.717) is 17.0 Å². The fourth-order valence-corrected chi connectivity index (χ4v) is 3.63. The standard InChI is InChI=1S/C15H15N3O2S/c1-21(19,20)14-7-3-2-6-13(14)15(10-17-18-11-15)12-5-4-8-16-9-12/h2-10,18H,11H2,1H3. The first-order chi connectivity index (χ1) is 10.0. The van der Waals surface area contributed by atoms with E-state index in [1.165, 1.54) is 6.26 Å². The second kappa shape index (κ2) is 4.96. The summed E-state index contributed by atoms with van der Waals surface area (Å²) in [6.07, 6.45) is 6.42. The van der Waals surface area contributed by atoms with E-state index in [-0.39, 0.29) is 0 Å². The summed E-state index contributed by atoms with van der Waals surface area (Å²) >= 11 is 0. The molecule has 1 atom stereocenters. The molecular formula is C15H15N3O2S. The molecule has 0 fully saturated rings. The fourth-order valence-electron chi connectivity index (χ4n) is 2.65. The molecule has 1 aliphatic heterocycles. The quantitative estimate of drug-likeness (QED) is 0.929. The summed E-state index contributed by atoms with van der Waals surface area (Å²) < 4.78 is 24.2. The van der Waals surface area contributed by atoms with Crippen molar-refractivity contribution in [2.45, 2.75) is 10.3 Å². The second-order valence-corrected chi connectivity index (χ2v) is 7.06. The van der Waals surface area contributed by atoms with Gasteiger partial charge in [-0.25, -0.2) is 8.42 Å². The van der Waals surface area contributed by atoms with E-state index in [1.807, 2.05) is 24.3 Å². The Kier molecular flexibility index (Phi) is 3.25. The molecule has 5 nitrogen and oxygen atoms in total. The number of benzene rings is 1. The zero-order valence-electron chi connectivity index (χ0n) is 11.5. The van der Waals surface area contributed by atoms with Crippen LogP contribution in [0.5, 0.6) is 0 Å². The van der Waals surface area contributed by atoms with E-state index in [9.17, 15) is 8.42 Å². The maximum atomic E-state index is 12.1. The molecular weight excluding hydrogens is 286 g/mol. The van der Waals surface area contributed by atoms with E-state index in [4.69, 9.17) is 0 Å². The maximum absolute atomic E-state index is 12.1. The van der Waals surface area contributed by atoms with Gasteiger partial charge in [0.2, 0.25) is 0 Å². The third-order valence-corrected chi connectivity index (χ3v) is 4.83. The summed E-state index contributed by atoms with van der Waals surface area (Å²) in [5.41, 5.74) is 3.95. The van der Waals surface area contributed by atoms with Crippen molar-refractivity contribution in [3.05, 3.63) is 59.9 Å². The molecule has 1 aromatic heterocycles. The Bertz CT molecular complexity index is 788. The Morgan fingerprint density at radius 1 is 1.19 bits per heavy atom. The molecule has 0 aliphatic carbocycles. The molecule has 0 bridgehead atoms. The van der Waals surface area contributed by atoms with Crippen LogP contribution in [0.15, 0.2) is 58.8 Å². The van der Waals surface area contributed by atoms with Crippen molar-refractivity contribution in [2.75, 3.05) is 12.8 Å². The first kappa shape index (κ1) is 13.8. The van der Waals surface area contributed by atoms with Gasteiger partial charge in [0, 0.05) is 24.9 Å². The first-order valence-corrected chi connectivity index (χ1v) is 8.40. The zero-order valence-corrected chi connectivity index (χ0v) is 12.3. The van der Waals surface area contributed by atoms with Crippen LogP contribution in [0.1, 0.15) is 11.1 Å². The van der Waals surface area contributed by atoms with Crippen LogP contribution >= 0.6 is 0 Å². The van der Waals surface area contributed by atoms with Crippen LogP contribution in [0.25, 0.3) is 0 Å². The highest BCUT2D eigenvalue weighted by atomic mass is 32.2. The Morgan fingerprint density at radius 2 is 2.00 bits per heavy atom. The predicted octanol–water partition coefficient (Wildman–Crippen LogP) is 1.36. The number of pyridine rings is 1. The number of rotatable bonds is 3. The summed E-state index contributed by atoms with van der Waals surface area (Å²) in [5, 5.41) is 4.12. The SMILES string of the molecule is CS(=O)(=O)c1ccccc1C1(c2cccnc2)C=NNC1. The van der Waals surface area contributed by atoms with Crippen LogP contribution in [0.4, 0.5) is 0 Å². The number of sulfone groups is 1. The largest absolute Gasteiger partial charge is 0.309 e. The van der Waals surface area contributed by atoms with Gasteiger partial charge in [-0.3, -0.25) is 4.98 Å². The van der Waals surface area contributed by atoms with Crippen LogP contribution in [0, 0.1) is 0 Å². The van der Waals surface area contributed by atoms with Crippen LogP contribution in [-0.2, 0) is 15.3 Å². The Balaban J connectivity index is 2.28. The van der Waals surface area contributed by atoms with Gasteiger partial charge in [-0.05, 0) is 23.3 Å². The highest BCUT2D eigenvalue weighted by Crippen LogP contribution is 2.35. The lowest BCUT2D eigenvalue weighted by molar-refractivity contribution is 0.594. The molecule has 2 heterocycles. The minimum atomic E-state index is -3.33. The van der Waals surface area contributed by atoms with Crippen molar-refractivity contribution in [1.82, 2.24) is 10.4 Å². The average Bonchev–Trinajstić information content (AvgIpc) is 2.98. The number of hydrazone groups is 1. The summed E-state index contributed by atoms with van der Waals surface area (Å²) in [6.45, 7) is 0.505. The highest BCUT2D eigenvalue weighted by molar-refractivity contribution is 7.90. The lowest BCUT2D eigenvalue weighted by Crippen LogP contribution is -2.35. The molecule has 0 amide bonds. The number of nitrogens with zero attached hydrogens (tertiary/aromatic N) is 2. The molecule has 1 N–H and O–H groups in total. The van der Waals surface area contributed by atoms with E-state index < -0.39 is 15.3 Å². The molecule has 0 radical (unpaired) electrons. The number of nitrogens with one attached hydrogen (secondary N) is 1. The molecule has 6 heteroatoms. The molecule has 21 heavy (non-hydrogen) atoms. The second-order valence-electron chi connectivity index (χ2n) is 5.07. The summed E-state index contributed by atoms with van der Waals surface area (Å²) in [7, 11) is -3.33. The van der Waals surface area contributed by atoms with Crippen LogP contribution in [-0.4, -0.2) is 32.4 Å². The topological polar surface area (TPSA) is 71.4 Å². The van der Waals surface area contributed by atoms with Crippen LogP contribution in [0.3, 0.4) is 0 Å². The lowest BCUT2D eigenvalue weighted by Gasteiger charge is -2.28. The van der Waals surface area contributed by atoms with E-state index >= 15 is 0 Å². The Morgan fingerprint density at radius 3 is 2.62 bits per heavy atom. The summed E-state index contributed by atoms with van der Waals surface area (Å²) in [4.78, 5) is 4.48. The van der Waals surface area contributed by atoms with E-state index in [2.05, 4.69) is 15.5 Å².